The van der Waals surface area contributed by atoms with Gasteiger partial charge in [-0.05, 0) is 49.2 Å². The molecule has 42 heavy (non-hydrogen) atoms. The summed E-state index contributed by atoms with van der Waals surface area (Å²) in [5, 5.41) is 6.98. The van der Waals surface area contributed by atoms with Gasteiger partial charge in [-0.15, -0.1) is 11.3 Å². The average molecular weight is 595 g/mol. The van der Waals surface area contributed by atoms with E-state index in [1.54, 1.807) is 9.08 Å². The smallest absolute Gasteiger partial charge is 0.422 e. The molecule has 0 aliphatic heterocycles. The van der Waals surface area contributed by atoms with Gasteiger partial charge in [0.15, 0.2) is 23.8 Å². The number of benzene rings is 2. The van der Waals surface area contributed by atoms with Crippen molar-refractivity contribution in [1.29, 1.82) is 0 Å². The fraction of sp³-hybridized carbons (Fsp3) is 0.172. The van der Waals surface area contributed by atoms with Crippen LogP contribution in [-0.4, -0.2) is 36.9 Å². The highest BCUT2D eigenvalue weighted by molar-refractivity contribution is 7.15. The Balaban J connectivity index is 1.53. The zero-order valence-corrected chi connectivity index (χ0v) is 23.0. The number of nitrogens with two attached hydrogens (primary N) is 1. The van der Waals surface area contributed by atoms with Crippen molar-refractivity contribution in [2.24, 2.45) is 0 Å². The summed E-state index contributed by atoms with van der Waals surface area (Å²) in [4.78, 5) is 23.1. The van der Waals surface area contributed by atoms with Gasteiger partial charge in [-0.25, -0.2) is 19.0 Å². The van der Waals surface area contributed by atoms with E-state index < -0.39 is 30.4 Å². The third-order valence-electron chi connectivity index (χ3n) is 6.90. The van der Waals surface area contributed by atoms with Gasteiger partial charge in [0.25, 0.3) is 5.56 Å². The molecule has 1 atom stereocenters. The normalized spacial score (nSPS) is 12.7. The molecule has 0 radical (unpaired) electrons. The van der Waals surface area contributed by atoms with Crippen molar-refractivity contribution >= 4 is 33.0 Å². The van der Waals surface area contributed by atoms with E-state index >= 15 is 0 Å². The quantitative estimate of drug-likeness (QED) is 0.224. The van der Waals surface area contributed by atoms with E-state index in [1.807, 2.05) is 55.6 Å². The summed E-state index contributed by atoms with van der Waals surface area (Å²) in [7, 11) is 0. The van der Waals surface area contributed by atoms with E-state index in [2.05, 4.69) is 14.7 Å². The first-order valence-electron chi connectivity index (χ1n) is 12.7. The van der Waals surface area contributed by atoms with Gasteiger partial charge < -0.3 is 10.5 Å². The molecular formula is C29H22F4N6O2S. The van der Waals surface area contributed by atoms with Crippen LogP contribution in [-0.2, 0) is 0 Å². The van der Waals surface area contributed by atoms with Gasteiger partial charge in [0.05, 0.1) is 17.0 Å². The second-order valence-electron chi connectivity index (χ2n) is 9.67. The molecule has 0 spiro atoms. The van der Waals surface area contributed by atoms with Crippen LogP contribution >= 0.6 is 11.3 Å². The number of fused-ring (bicyclic) bond motifs is 2. The molecule has 0 fully saturated rings. The highest BCUT2D eigenvalue weighted by atomic mass is 32.1. The van der Waals surface area contributed by atoms with Crippen LogP contribution in [0.1, 0.15) is 24.2 Å². The van der Waals surface area contributed by atoms with Gasteiger partial charge in [-0.1, -0.05) is 30.3 Å². The molecule has 6 aromatic rings. The summed E-state index contributed by atoms with van der Waals surface area (Å²) in [6.07, 6.45) is -3.34. The molecule has 0 aliphatic carbocycles. The van der Waals surface area contributed by atoms with Gasteiger partial charge in [-0.2, -0.15) is 18.3 Å². The predicted molar refractivity (Wildman–Crippen MR) is 152 cm³/mol. The number of ether oxygens (including phenoxy) is 1. The van der Waals surface area contributed by atoms with Crippen molar-refractivity contribution < 1.29 is 22.3 Å². The molecule has 0 aliphatic rings. The molecule has 8 nitrogen and oxygen atoms in total. The van der Waals surface area contributed by atoms with Crippen molar-refractivity contribution in [3.63, 3.8) is 0 Å². The summed E-state index contributed by atoms with van der Waals surface area (Å²) in [5.74, 6) is -1.47. The fourth-order valence-electron chi connectivity index (χ4n) is 4.97. The van der Waals surface area contributed by atoms with Crippen molar-refractivity contribution in [3.8, 4) is 28.1 Å². The van der Waals surface area contributed by atoms with Crippen LogP contribution in [0.4, 0.5) is 23.4 Å². The average Bonchev–Trinajstić information content (AvgIpc) is 3.53. The molecule has 4 heterocycles. The summed E-state index contributed by atoms with van der Waals surface area (Å²) >= 11 is 1.44. The maximum atomic E-state index is 14.9. The molecule has 0 bridgehead atoms. The van der Waals surface area contributed by atoms with Crippen LogP contribution in [0.25, 0.3) is 38.2 Å². The van der Waals surface area contributed by atoms with Crippen molar-refractivity contribution in [2.75, 3.05) is 12.3 Å². The molecule has 2 aromatic carbocycles. The number of hydrogen-bond acceptors (Lipinski definition) is 7. The molecule has 4 aromatic heterocycles. The number of aromatic nitrogens is 5. The Morgan fingerprint density at radius 2 is 1.83 bits per heavy atom. The Kier molecular flexibility index (Phi) is 6.68. The van der Waals surface area contributed by atoms with Gasteiger partial charge >= 0.3 is 6.18 Å². The zero-order valence-electron chi connectivity index (χ0n) is 22.2. The predicted octanol–water partition coefficient (Wildman–Crippen LogP) is 6.41. The monoisotopic (exact) mass is 594 g/mol. The molecular weight excluding hydrogens is 572 g/mol. The molecule has 214 valence electrons. The van der Waals surface area contributed by atoms with Crippen LogP contribution in [0.5, 0.6) is 5.75 Å². The van der Waals surface area contributed by atoms with E-state index in [0.29, 0.717) is 22.2 Å². The van der Waals surface area contributed by atoms with Gasteiger partial charge in [-0.3, -0.25) is 9.20 Å². The zero-order chi connectivity index (χ0) is 29.8. The number of thiazole rings is 1. The van der Waals surface area contributed by atoms with Crippen LogP contribution in [0, 0.1) is 12.7 Å². The summed E-state index contributed by atoms with van der Waals surface area (Å²) in [5.41, 5.74) is 9.57. The Morgan fingerprint density at radius 1 is 1.07 bits per heavy atom. The highest BCUT2D eigenvalue weighted by Gasteiger charge is 2.29. The Hall–Kier alpha value is -4.78. The lowest BCUT2D eigenvalue weighted by molar-refractivity contribution is -0.153. The van der Waals surface area contributed by atoms with E-state index in [1.165, 1.54) is 23.7 Å². The summed E-state index contributed by atoms with van der Waals surface area (Å²) in [6.45, 7) is 2.10. The topological polar surface area (TPSA) is 100 Å². The number of hydrogen-bond donors (Lipinski definition) is 1. The molecule has 0 saturated heterocycles. The fourth-order valence-corrected chi connectivity index (χ4v) is 5.90. The van der Waals surface area contributed by atoms with Gasteiger partial charge in [0.1, 0.15) is 22.7 Å². The van der Waals surface area contributed by atoms with Crippen molar-refractivity contribution in [3.05, 3.63) is 93.7 Å². The maximum absolute atomic E-state index is 14.9. The molecule has 13 heteroatoms. The molecule has 2 N–H and O–H groups in total. The lowest BCUT2D eigenvalue weighted by Crippen LogP contribution is -2.21. The lowest BCUT2D eigenvalue weighted by Gasteiger charge is -2.18. The second kappa shape index (κ2) is 10.2. The highest BCUT2D eigenvalue weighted by Crippen LogP contribution is 2.37. The number of halogens is 4. The summed E-state index contributed by atoms with van der Waals surface area (Å²) < 4.78 is 60.5. The molecule has 0 saturated carbocycles. The third kappa shape index (κ3) is 4.75. The summed E-state index contributed by atoms with van der Waals surface area (Å²) in [6, 6.07) is 14.2. The number of aryl methyl sites for hydroxylation is 1. The third-order valence-corrected chi connectivity index (χ3v) is 7.90. The Bertz CT molecular complexity index is 2020. The van der Waals surface area contributed by atoms with E-state index in [-0.39, 0.29) is 22.6 Å². The van der Waals surface area contributed by atoms with E-state index in [0.717, 1.165) is 28.2 Å². The van der Waals surface area contributed by atoms with E-state index in [4.69, 9.17) is 10.8 Å². The Morgan fingerprint density at radius 3 is 2.55 bits per heavy atom. The SMILES string of the molecule is Cc1csc2cc(C(C)n3nc(-c4ccc(OCC(F)(F)F)c(F)c4)c4c(N)ncnc43)c(-c3ccccc3)c(=O)n12. The maximum Gasteiger partial charge on any atom is 0.422 e. The van der Waals surface area contributed by atoms with Crippen LogP contribution in [0.15, 0.2) is 71.1 Å². The minimum atomic E-state index is -4.62. The largest absolute Gasteiger partial charge is 0.481 e. The first kappa shape index (κ1) is 27.4. The first-order chi connectivity index (χ1) is 20.0. The lowest BCUT2D eigenvalue weighted by atomic mass is 9.97. The number of rotatable bonds is 6. The van der Waals surface area contributed by atoms with Crippen molar-refractivity contribution in [2.45, 2.75) is 26.1 Å². The standard InChI is InChI=1S/C29H22F4N6O2S/c1-15-12-42-22-11-19(23(28(40)38(15)22)17-6-4-3-5-7-17)16(2)39-27-24(26(34)35-14-36-27)25(37-39)18-8-9-21(20(30)10-18)41-13-29(31,32)33/h3-12,14,16H,13H2,1-2H3,(H2,34,35,36). The van der Waals surface area contributed by atoms with Gasteiger partial charge in [0, 0.05) is 16.6 Å². The number of nitrogen functional groups attached to an aromatic ring is 1. The van der Waals surface area contributed by atoms with Crippen LogP contribution in [0.3, 0.4) is 0 Å². The molecule has 0 amide bonds. The number of pyridine rings is 1. The number of nitrogens with zero attached hydrogens (tertiary/aromatic N) is 5. The number of anilines is 1. The van der Waals surface area contributed by atoms with Gasteiger partial charge in [0.2, 0.25) is 0 Å². The van der Waals surface area contributed by atoms with Crippen LogP contribution in [0.2, 0.25) is 0 Å². The minimum Gasteiger partial charge on any atom is -0.481 e. The van der Waals surface area contributed by atoms with E-state index in [9.17, 15) is 22.4 Å². The number of alkyl halides is 3. The Labute approximate surface area is 239 Å². The second-order valence-corrected chi connectivity index (χ2v) is 10.6. The molecule has 6 rings (SSSR count). The first-order valence-corrected chi connectivity index (χ1v) is 13.6. The minimum absolute atomic E-state index is 0.0824. The van der Waals surface area contributed by atoms with Crippen LogP contribution < -0.4 is 16.0 Å². The van der Waals surface area contributed by atoms with Crippen molar-refractivity contribution in [1.82, 2.24) is 24.1 Å². The molecule has 1 unspecified atom stereocenters.